The number of anilines is 1. The molecule has 0 unspecified atom stereocenters. The van der Waals surface area contributed by atoms with E-state index in [-0.39, 0.29) is 5.97 Å². The largest absolute Gasteiger partial charge is 0.462 e. The quantitative estimate of drug-likeness (QED) is 0.509. The van der Waals surface area contributed by atoms with Crippen molar-refractivity contribution in [3.63, 3.8) is 0 Å². The highest BCUT2D eigenvalue weighted by Gasteiger charge is 2.04. The van der Waals surface area contributed by atoms with Gasteiger partial charge in [0.05, 0.1) is 6.61 Å². The summed E-state index contributed by atoms with van der Waals surface area (Å²) >= 11 is 0. The Bertz CT molecular complexity index is 406. The Morgan fingerprint density at radius 2 is 1.80 bits per heavy atom. The number of ether oxygens (including phenoxy) is 1. The normalized spacial score (nSPS) is 10.1. The summed E-state index contributed by atoms with van der Waals surface area (Å²) in [5.41, 5.74) is 2.44. The van der Waals surface area contributed by atoms with E-state index in [1.807, 2.05) is 0 Å². The highest BCUT2D eigenvalue weighted by molar-refractivity contribution is 5.81. The van der Waals surface area contributed by atoms with Crippen molar-refractivity contribution in [3.8, 4) is 0 Å². The molecule has 0 atom stereocenters. The second-order valence-electron chi connectivity index (χ2n) is 4.78. The van der Waals surface area contributed by atoms with E-state index >= 15 is 0 Å². The summed E-state index contributed by atoms with van der Waals surface area (Å²) in [5, 5.41) is 0. The lowest BCUT2D eigenvalue weighted by molar-refractivity contribution is -0.137. The van der Waals surface area contributed by atoms with Crippen LogP contribution in [-0.4, -0.2) is 25.7 Å². The third-order valence-electron chi connectivity index (χ3n) is 3.09. The summed E-state index contributed by atoms with van der Waals surface area (Å²) in [6, 6.07) is 8.51. The number of carbonyl (C=O) groups is 1. The lowest BCUT2D eigenvalue weighted by Gasteiger charge is -2.24. The van der Waals surface area contributed by atoms with Gasteiger partial charge in [-0.25, -0.2) is 4.79 Å². The number of hydrogen-bond acceptors (Lipinski definition) is 3. The van der Waals surface area contributed by atoms with Gasteiger partial charge in [-0.05, 0) is 30.5 Å². The van der Waals surface area contributed by atoms with Crippen molar-refractivity contribution in [3.05, 3.63) is 42.5 Å². The molecule has 20 heavy (non-hydrogen) atoms. The molecule has 0 bridgehead atoms. The van der Waals surface area contributed by atoms with Crippen LogP contribution in [0.15, 0.2) is 36.9 Å². The number of rotatable bonds is 9. The SMILES string of the molecule is C=CC(=O)OCCc1ccc(N(CCC)CCC)cc1. The first kappa shape index (κ1) is 16.3. The van der Waals surface area contributed by atoms with Gasteiger partial charge in [0.2, 0.25) is 0 Å². The average Bonchev–Trinajstić information content (AvgIpc) is 2.47. The minimum atomic E-state index is -0.362. The first-order chi connectivity index (χ1) is 9.71. The molecule has 1 aromatic rings. The van der Waals surface area contributed by atoms with Gasteiger partial charge in [0.15, 0.2) is 0 Å². The molecule has 0 aromatic heterocycles. The van der Waals surface area contributed by atoms with E-state index in [1.165, 1.54) is 17.3 Å². The van der Waals surface area contributed by atoms with Crippen LogP contribution in [0, 0.1) is 0 Å². The minimum absolute atomic E-state index is 0.362. The molecule has 0 amide bonds. The van der Waals surface area contributed by atoms with Crippen LogP contribution < -0.4 is 4.90 Å². The number of carbonyl (C=O) groups excluding carboxylic acids is 1. The van der Waals surface area contributed by atoms with Crippen LogP contribution in [0.3, 0.4) is 0 Å². The Hall–Kier alpha value is -1.77. The second kappa shape index (κ2) is 9.18. The molecule has 3 heteroatoms. The van der Waals surface area contributed by atoms with E-state index in [9.17, 15) is 4.79 Å². The van der Waals surface area contributed by atoms with Gasteiger partial charge >= 0.3 is 5.97 Å². The molecule has 0 aliphatic rings. The summed E-state index contributed by atoms with van der Waals surface area (Å²) in [6.45, 7) is 10.3. The Balaban J connectivity index is 2.53. The Morgan fingerprint density at radius 3 is 2.30 bits per heavy atom. The van der Waals surface area contributed by atoms with Crippen LogP contribution in [0.4, 0.5) is 5.69 Å². The summed E-state index contributed by atoms with van der Waals surface area (Å²) in [7, 11) is 0. The van der Waals surface area contributed by atoms with Crippen molar-refractivity contribution in [2.24, 2.45) is 0 Å². The van der Waals surface area contributed by atoms with Gasteiger partial charge in [0, 0.05) is 31.3 Å². The summed E-state index contributed by atoms with van der Waals surface area (Å²) in [6.07, 6.45) is 4.23. The van der Waals surface area contributed by atoms with Gasteiger partial charge in [-0.3, -0.25) is 0 Å². The maximum atomic E-state index is 10.9. The molecule has 110 valence electrons. The average molecular weight is 275 g/mol. The molecule has 0 heterocycles. The Labute approximate surface area is 122 Å². The molecule has 0 radical (unpaired) electrons. The third-order valence-corrected chi connectivity index (χ3v) is 3.09. The van der Waals surface area contributed by atoms with E-state index in [4.69, 9.17) is 4.74 Å². The molecule has 0 saturated heterocycles. The zero-order chi connectivity index (χ0) is 14.8. The fourth-order valence-corrected chi connectivity index (χ4v) is 2.11. The molecule has 0 N–H and O–H groups in total. The Morgan fingerprint density at radius 1 is 1.20 bits per heavy atom. The van der Waals surface area contributed by atoms with Crippen LogP contribution in [0.2, 0.25) is 0 Å². The molecular formula is C17H25NO2. The van der Waals surface area contributed by atoms with Crippen molar-refractivity contribution in [2.45, 2.75) is 33.1 Å². The molecule has 1 aromatic carbocycles. The molecule has 0 saturated carbocycles. The molecular weight excluding hydrogens is 250 g/mol. The first-order valence-electron chi connectivity index (χ1n) is 7.34. The van der Waals surface area contributed by atoms with Crippen LogP contribution >= 0.6 is 0 Å². The standard InChI is InChI=1S/C17H25NO2/c1-4-12-18(13-5-2)16-9-7-15(8-10-16)11-14-20-17(19)6-3/h6-10H,3-5,11-14H2,1-2H3. The van der Waals surface area contributed by atoms with E-state index < -0.39 is 0 Å². The lowest BCUT2D eigenvalue weighted by Crippen LogP contribution is -2.24. The number of hydrogen-bond donors (Lipinski definition) is 0. The van der Waals surface area contributed by atoms with Gasteiger partial charge < -0.3 is 9.64 Å². The highest BCUT2D eigenvalue weighted by Crippen LogP contribution is 2.16. The molecule has 0 fully saturated rings. The van der Waals surface area contributed by atoms with Crippen LogP contribution in [0.1, 0.15) is 32.3 Å². The van der Waals surface area contributed by atoms with E-state index in [2.05, 4.69) is 49.6 Å². The molecule has 3 nitrogen and oxygen atoms in total. The molecule has 0 spiro atoms. The van der Waals surface area contributed by atoms with Gasteiger partial charge in [-0.15, -0.1) is 0 Å². The second-order valence-corrected chi connectivity index (χ2v) is 4.78. The van der Waals surface area contributed by atoms with Crippen molar-refractivity contribution in [1.82, 2.24) is 0 Å². The van der Waals surface area contributed by atoms with E-state index in [0.29, 0.717) is 6.61 Å². The monoisotopic (exact) mass is 275 g/mol. The lowest BCUT2D eigenvalue weighted by atomic mass is 10.1. The molecule has 0 aliphatic heterocycles. The number of nitrogens with zero attached hydrogens (tertiary/aromatic N) is 1. The predicted molar refractivity (Wildman–Crippen MR) is 84.1 cm³/mol. The van der Waals surface area contributed by atoms with E-state index in [0.717, 1.165) is 32.4 Å². The highest BCUT2D eigenvalue weighted by atomic mass is 16.5. The smallest absolute Gasteiger partial charge is 0.330 e. The fourth-order valence-electron chi connectivity index (χ4n) is 2.11. The number of benzene rings is 1. The minimum Gasteiger partial charge on any atom is -0.462 e. The van der Waals surface area contributed by atoms with Crippen LogP contribution in [0.25, 0.3) is 0 Å². The van der Waals surface area contributed by atoms with Crippen molar-refractivity contribution < 1.29 is 9.53 Å². The predicted octanol–water partition coefficient (Wildman–Crippen LogP) is 3.58. The van der Waals surface area contributed by atoms with Gasteiger partial charge in [0.1, 0.15) is 0 Å². The fraction of sp³-hybridized carbons (Fsp3) is 0.471. The van der Waals surface area contributed by atoms with Crippen molar-refractivity contribution in [1.29, 1.82) is 0 Å². The van der Waals surface area contributed by atoms with Gasteiger partial charge in [-0.1, -0.05) is 32.6 Å². The van der Waals surface area contributed by atoms with Gasteiger partial charge in [0.25, 0.3) is 0 Å². The topological polar surface area (TPSA) is 29.5 Å². The zero-order valence-electron chi connectivity index (χ0n) is 12.6. The van der Waals surface area contributed by atoms with Crippen LogP contribution in [0.5, 0.6) is 0 Å². The molecule has 1 rings (SSSR count). The maximum absolute atomic E-state index is 10.9. The summed E-state index contributed by atoms with van der Waals surface area (Å²) < 4.78 is 4.98. The molecule has 0 aliphatic carbocycles. The summed E-state index contributed by atoms with van der Waals surface area (Å²) in [5.74, 6) is -0.362. The number of esters is 1. The van der Waals surface area contributed by atoms with E-state index in [1.54, 1.807) is 0 Å². The summed E-state index contributed by atoms with van der Waals surface area (Å²) in [4.78, 5) is 13.3. The zero-order valence-corrected chi connectivity index (χ0v) is 12.6. The Kier molecular flexibility index (Phi) is 7.48. The van der Waals surface area contributed by atoms with Crippen molar-refractivity contribution >= 4 is 11.7 Å². The van der Waals surface area contributed by atoms with Gasteiger partial charge in [-0.2, -0.15) is 0 Å². The van der Waals surface area contributed by atoms with Crippen molar-refractivity contribution in [2.75, 3.05) is 24.6 Å². The van der Waals surface area contributed by atoms with Crippen LogP contribution in [-0.2, 0) is 16.0 Å². The third kappa shape index (κ3) is 5.47. The first-order valence-corrected chi connectivity index (χ1v) is 7.34. The maximum Gasteiger partial charge on any atom is 0.330 e.